The molecule has 5 heteroatoms. The van der Waals surface area contributed by atoms with E-state index < -0.39 is 5.60 Å². The Hall–Kier alpha value is -0.390. The molecule has 1 fully saturated rings. The second kappa shape index (κ2) is 4.71. The summed E-state index contributed by atoms with van der Waals surface area (Å²) in [6.45, 7) is 6.71. The second-order valence-electron chi connectivity index (χ2n) is 5.05. The van der Waals surface area contributed by atoms with Gasteiger partial charge in [-0.2, -0.15) is 5.10 Å². The molecule has 1 saturated heterocycles. The lowest BCUT2D eigenvalue weighted by atomic mass is 9.87. The van der Waals surface area contributed by atoms with Crippen molar-refractivity contribution in [3.63, 3.8) is 0 Å². The monoisotopic (exact) mass is 302 g/mol. The van der Waals surface area contributed by atoms with E-state index in [-0.39, 0.29) is 12.1 Å². The molecule has 1 aromatic rings. The van der Waals surface area contributed by atoms with Crippen molar-refractivity contribution < 1.29 is 9.84 Å². The third kappa shape index (κ3) is 2.41. The molecule has 0 amide bonds. The number of ether oxygens (including phenoxy) is 1. The number of hydrogen-bond acceptors (Lipinski definition) is 3. The summed E-state index contributed by atoms with van der Waals surface area (Å²) in [6, 6.07) is 0.235. The number of hydrogen-bond donors (Lipinski definition) is 1. The molecule has 1 aromatic heterocycles. The molecule has 0 spiro atoms. The van der Waals surface area contributed by atoms with Crippen LogP contribution < -0.4 is 0 Å². The summed E-state index contributed by atoms with van der Waals surface area (Å²) in [7, 11) is 0. The third-order valence-corrected chi connectivity index (χ3v) is 3.80. The lowest BCUT2D eigenvalue weighted by Gasteiger charge is -2.36. The molecular formula is C12H19BrN2O2. The van der Waals surface area contributed by atoms with E-state index in [2.05, 4.69) is 34.9 Å². The van der Waals surface area contributed by atoms with Crippen LogP contribution in [0.15, 0.2) is 10.7 Å². The Balaban J connectivity index is 2.41. The van der Waals surface area contributed by atoms with Gasteiger partial charge in [0.05, 0.1) is 29.1 Å². The van der Waals surface area contributed by atoms with Gasteiger partial charge in [0.1, 0.15) is 5.60 Å². The minimum atomic E-state index is -0.836. The normalized spacial score (nSPS) is 29.9. The van der Waals surface area contributed by atoms with Gasteiger partial charge in [-0.05, 0) is 36.7 Å². The fraction of sp³-hybridized carbons (Fsp3) is 0.750. The first-order valence-corrected chi connectivity index (χ1v) is 6.81. The van der Waals surface area contributed by atoms with E-state index in [0.29, 0.717) is 19.4 Å². The zero-order chi connectivity index (χ0) is 12.6. The summed E-state index contributed by atoms with van der Waals surface area (Å²) in [5.74, 6) is 0. The molecule has 17 heavy (non-hydrogen) atoms. The predicted molar refractivity (Wildman–Crippen MR) is 68.9 cm³/mol. The van der Waals surface area contributed by atoms with Crippen molar-refractivity contribution in [2.75, 3.05) is 6.61 Å². The molecule has 2 heterocycles. The van der Waals surface area contributed by atoms with Gasteiger partial charge in [-0.15, -0.1) is 0 Å². The fourth-order valence-electron chi connectivity index (χ4n) is 2.45. The maximum absolute atomic E-state index is 10.8. The summed E-state index contributed by atoms with van der Waals surface area (Å²) in [4.78, 5) is 0. The molecule has 0 bridgehead atoms. The van der Waals surface area contributed by atoms with E-state index in [1.807, 2.05) is 11.6 Å². The lowest BCUT2D eigenvalue weighted by molar-refractivity contribution is -0.106. The summed E-state index contributed by atoms with van der Waals surface area (Å²) in [6.07, 6.45) is 3.07. The molecule has 0 aliphatic carbocycles. The van der Waals surface area contributed by atoms with Crippen molar-refractivity contribution in [2.24, 2.45) is 0 Å². The molecule has 1 aliphatic rings. The van der Waals surface area contributed by atoms with Crippen molar-refractivity contribution >= 4 is 15.9 Å². The number of rotatable bonds is 2. The van der Waals surface area contributed by atoms with Crippen molar-refractivity contribution in [2.45, 2.75) is 51.4 Å². The van der Waals surface area contributed by atoms with Gasteiger partial charge in [-0.25, -0.2) is 0 Å². The van der Waals surface area contributed by atoms with Crippen LogP contribution in [0, 0.1) is 0 Å². The topological polar surface area (TPSA) is 47.3 Å². The molecule has 0 aromatic carbocycles. The van der Waals surface area contributed by atoms with Crippen molar-refractivity contribution in [3.8, 4) is 0 Å². The van der Waals surface area contributed by atoms with Crippen molar-refractivity contribution in [1.82, 2.24) is 9.78 Å². The number of aliphatic hydroxyl groups is 1. The standard InChI is InChI=1S/C12H19BrN2O2/c1-8(2)15-11(10(13)7-14-15)12(16)4-5-17-9(3)6-12/h7-9,16H,4-6H2,1-3H3. The molecule has 0 radical (unpaired) electrons. The Bertz CT molecular complexity index is 405. The van der Waals surface area contributed by atoms with E-state index in [4.69, 9.17) is 4.74 Å². The fourth-order valence-corrected chi connectivity index (χ4v) is 3.09. The Morgan fingerprint density at radius 2 is 2.35 bits per heavy atom. The van der Waals surface area contributed by atoms with Crippen LogP contribution in [-0.4, -0.2) is 27.6 Å². The Morgan fingerprint density at radius 1 is 1.65 bits per heavy atom. The number of aromatic nitrogens is 2. The van der Waals surface area contributed by atoms with E-state index >= 15 is 0 Å². The van der Waals surface area contributed by atoms with E-state index in [1.165, 1.54) is 0 Å². The number of halogens is 1. The van der Waals surface area contributed by atoms with Crippen LogP contribution in [0.2, 0.25) is 0 Å². The van der Waals surface area contributed by atoms with Crippen molar-refractivity contribution in [3.05, 3.63) is 16.4 Å². The minimum Gasteiger partial charge on any atom is -0.383 e. The summed E-state index contributed by atoms with van der Waals surface area (Å²) in [5, 5.41) is 15.2. The van der Waals surface area contributed by atoms with E-state index in [1.54, 1.807) is 6.20 Å². The van der Waals surface area contributed by atoms with Gasteiger partial charge in [-0.1, -0.05) is 0 Å². The predicted octanol–water partition coefficient (Wildman–Crippen LogP) is 2.61. The van der Waals surface area contributed by atoms with Crippen LogP contribution in [0.1, 0.15) is 45.3 Å². The highest BCUT2D eigenvalue weighted by Gasteiger charge is 2.39. The Morgan fingerprint density at radius 3 is 2.94 bits per heavy atom. The van der Waals surface area contributed by atoms with Crippen LogP contribution in [0.3, 0.4) is 0 Å². The molecule has 2 unspecified atom stereocenters. The Labute approximate surface area is 110 Å². The molecule has 0 saturated carbocycles. The maximum atomic E-state index is 10.8. The van der Waals surface area contributed by atoms with Crippen LogP contribution in [0.4, 0.5) is 0 Å². The van der Waals surface area contributed by atoms with Gasteiger partial charge < -0.3 is 9.84 Å². The Kier molecular flexibility index (Phi) is 3.61. The second-order valence-corrected chi connectivity index (χ2v) is 5.90. The largest absolute Gasteiger partial charge is 0.383 e. The van der Waals surface area contributed by atoms with Crippen LogP contribution in [0.5, 0.6) is 0 Å². The zero-order valence-corrected chi connectivity index (χ0v) is 12.1. The first-order chi connectivity index (χ1) is 7.94. The molecular weight excluding hydrogens is 284 g/mol. The van der Waals surface area contributed by atoms with Gasteiger partial charge in [0, 0.05) is 18.9 Å². The molecule has 1 N–H and O–H groups in total. The highest BCUT2D eigenvalue weighted by Crippen LogP contribution is 2.39. The van der Waals surface area contributed by atoms with Crippen LogP contribution in [0.25, 0.3) is 0 Å². The molecule has 2 rings (SSSR count). The molecule has 1 aliphatic heterocycles. The molecule has 2 atom stereocenters. The minimum absolute atomic E-state index is 0.0798. The molecule has 96 valence electrons. The van der Waals surface area contributed by atoms with Gasteiger partial charge in [0.15, 0.2) is 0 Å². The van der Waals surface area contributed by atoms with Gasteiger partial charge >= 0.3 is 0 Å². The van der Waals surface area contributed by atoms with Gasteiger partial charge in [0.25, 0.3) is 0 Å². The average molecular weight is 303 g/mol. The highest BCUT2D eigenvalue weighted by atomic mass is 79.9. The lowest BCUT2D eigenvalue weighted by Crippen LogP contribution is -2.39. The quantitative estimate of drug-likeness (QED) is 0.913. The summed E-state index contributed by atoms with van der Waals surface area (Å²) >= 11 is 3.49. The smallest absolute Gasteiger partial charge is 0.112 e. The SMILES string of the molecule is CC1CC(O)(c2c(Br)cnn2C(C)C)CCO1. The van der Waals surface area contributed by atoms with Crippen LogP contribution in [-0.2, 0) is 10.3 Å². The van der Waals surface area contributed by atoms with Gasteiger partial charge in [-0.3, -0.25) is 4.68 Å². The number of nitrogens with zero attached hydrogens (tertiary/aromatic N) is 2. The van der Waals surface area contributed by atoms with Gasteiger partial charge in [0.2, 0.25) is 0 Å². The summed E-state index contributed by atoms with van der Waals surface area (Å²) in [5.41, 5.74) is 0.0414. The summed E-state index contributed by atoms with van der Waals surface area (Å²) < 4.78 is 8.28. The van der Waals surface area contributed by atoms with E-state index in [0.717, 1.165) is 10.2 Å². The van der Waals surface area contributed by atoms with E-state index in [9.17, 15) is 5.11 Å². The third-order valence-electron chi connectivity index (χ3n) is 3.22. The maximum Gasteiger partial charge on any atom is 0.112 e. The van der Waals surface area contributed by atoms with Crippen LogP contribution >= 0.6 is 15.9 Å². The molecule has 4 nitrogen and oxygen atoms in total. The highest BCUT2D eigenvalue weighted by molar-refractivity contribution is 9.10. The first-order valence-electron chi connectivity index (χ1n) is 6.01. The first kappa shape index (κ1) is 13.1. The van der Waals surface area contributed by atoms with Crippen molar-refractivity contribution in [1.29, 1.82) is 0 Å². The zero-order valence-electron chi connectivity index (χ0n) is 10.5. The average Bonchev–Trinajstić information content (AvgIpc) is 2.60.